The van der Waals surface area contributed by atoms with E-state index in [-0.39, 0.29) is 11.6 Å². The molecule has 0 saturated carbocycles. The molecule has 7 nitrogen and oxygen atoms in total. The Morgan fingerprint density at radius 1 is 1.16 bits per heavy atom. The van der Waals surface area contributed by atoms with Crippen LogP contribution in [0.3, 0.4) is 0 Å². The van der Waals surface area contributed by atoms with Crippen LogP contribution in [0.2, 0.25) is 0 Å². The van der Waals surface area contributed by atoms with Gasteiger partial charge in [0.25, 0.3) is 16.0 Å². The van der Waals surface area contributed by atoms with Gasteiger partial charge in [-0.2, -0.15) is 8.42 Å². The summed E-state index contributed by atoms with van der Waals surface area (Å²) in [7, 11) is -2.91. The lowest BCUT2D eigenvalue weighted by molar-refractivity contribution is -0.293. The van der Waals surface area contributed by atoms with Crippen LogP contribution in [0.5, 0.6) is 0 Å². The number of hydroxylamine groups is 2. The number of amides is 1. The molecule has 1 aromatic carbocycles. The molecular weight excluding hydrogens is 344 g/mol. The summed E-state index contributed by atoms with van der Waals surface area (Å²) < 4.78 is 32.5. The van der Waals surface area contributed by atoms with E-state index in [1.54, 1.807) is 13.1 Å². The molecule has 1 aliphatic heterocycles. The van der Waals surface area contributed by atoms with E-state index in [1.807, 2.05) is 27.7 Å². The van der Waals surface area contributed by atoms with Gasteiger partial charge in [0.2, 0.25) is 0 Å². The smallest absolute Gasteiger partial charge is 0.295 e. The summed E-state index contributed by atoms with van der Waals surface area (Å²) in [5.41, 5.74) is -1.37. The number of benzene rings is 1. The topological polar surface area (TPSA) is 97.8 Å². The molecule has 0 spiro atoms. The summed E-state index contributed by atoms with van der Waals surface area (Å²) in [6.45, 7) is 7.33. The lowest BCUT2D eigenvalue weighted by Crippen LogP contribution is -2.62. The highest BCUT2D eigenvalue weighted by atomic mass is 32.2. The molecule has 0 aliphatic carbocycles. The van der Waals surface area contributed by atoms with Gasteiger partial charge in [0.1, 0.15) is 4.90 Å². The molecule has 8 heteroatoms. The molecule has 1 heterocycles. The fraction of sp³-hybridized carbons (Fsp3) is 0.588. The lowest BCUT2D eigenvalue weighted by atomic mass is 9.78. The van der Waals surface area contributed by atoms with Crippen molar-refractivity contribution in [3.05, 3.63) is 29.8 Å². The molecule has 1 amide bonds. The van der Waals surface area contributed by atoms with E-state index < -0.39 is 32.0 Å². The molecule has 0 atom stereocenters. The standard InChI is InChI=1S/C17H25N2O5S/c1-16(2)10-12(11-17(3,4)19(16)21)18(5)15(20)13-8-6-7-9-14(13)25(22,23)24/h6-9,12H,10-11H2,1-5H3,(H,22,23,24). The summed E-state index contributed by atoms with van der Waals surface area (Å²) >= 11 is 0. The fourth-order valence-electron chi connectivity index (χ4n) is 3.71. The average Bonchev–Trinajstić information content (AvgIpc) is 2.49. The highest BCUT2D eigenvalue weighted by Gasteiger charge is 2.48. The van der Waals surface area contributed by atoms with Crippen LogP contribution in [0.1, 0.15) is 50.9 Å². The maximum Gasteiger partial charge on any atom is 0.295 e. The third-order valence-electron chi connectivity index (χ3n) is 4.83. The molecule has 139 valence electrons. The van der Waals surface area contributed by atoms with E-state index in [0.717, 1.165) is 5.06 Å². The van der Waals surface area contributed by atoms with E-state index in [0.29, 0.717) is 12.8 Å². The van der Waals surface area contributed by atoms with Gasteiger partial charge in [0.15, 0.2) is 0 Å². The Morgan fingerprint density at radius 3 is 2.12 bits per heavy atom. The van der Waals surface area contributed by atoms with Gasteiger partial charge in [-0.1, -0.05) is 12.1 Å². The highest BCUT2D eigenvalue weighted by molar-refractivity contribution is 7.86. The summed E-state index contributed by atoms with van der Waals surface area (Å²) in [4.78, 5) is 13.9. The van der Waals surface area contributed by atoms with Gasteiger partial charge in [-0.25, -0.2) is 0 Å². The van der Waals surface area contributed by atoms with Crippen LogP contribution in [-0.4, -0.2) is 53.0 Å². The van der Waals surface area contributed by atoms with Gasteiger partial charge in [0.05, 0.1) is 5.56 Å². The van der Waals surface area contributed by atoms with Crippen molar-refractivity contribution < 1.29 is 23.0 Å². The number of carbonyl (C=O) groups excluding carboxylic acids is 1. The zero-order valence-corrected chi connectivity index (χ0v) is 16.0. The molecule has 0 aromatic heterocycles. The van der Waals surface area contributed by atoms with E-state index in [2.05, 4.69) is 0 Å². The number of piperidine rings is 1. The number of carbonyl (C=O) groups is 1. The van der Waals surface area contributed by atoms with Crippen molar-refractivity contribution in [3.63, 3.8) is 0 Å². The van der Waals surface area contributed by atoms with Crippen molar-refractivity contribution in [2.45, 2.75) is 62.6 Å². The zero-order chi connectivity index (χ0) is 19.2. The van der Waals surface area contributed by atoms with Crippen molar-refractivity contribution in [2.75, 3.05) is 7.05 Å². The van der Waals surface area contributed by atoms with Crippen molar-refractivity contribution in [2.24, 2.45) is 0 Å². The third-order valence-corrected chi connectivity index (χ3v) is 5.75. The SMILES string of the molecule is CN(C(=O)c1ccccc1S(=O)(=O)O)C1CC(C)(C)N([O])C(C)(C)C1. The van der Waals surface area contributed by atoms with Gasteiger partial charge in [0, 0.05) is 24.2 Å². The summed E-state index contributed by atoms with van der Waals surface area (Å²) in [6.07, 6.45) is 0.937. The number of hydrogen-bond acceptors (Lipinski definition) is 4. The first-order valence-corrected chi connectivity index (χ1v) is 9.52. The maximum atomic E-state index is 12.9. The predicted molar refractivity (Wildman–Crippen MR) is 92.1 cm³/mol. The largest absolute Gasteiger partial charge is 0.339 e. The molecule has 1 saturated heterocycles. The van der Waals surface area contributed by atoms with Gasteiger partial charge in [-0.15, -0.1) is 10.3 Å². The van der Waals surface area contributed by atoms with Crippen molar-refractivity contribution in [1.82, 2.24) is 9.96 Å². The first-order chi connectivity index (χ1) is 11.3. The van der Waals surface area contributed by atoms with Crippen LogP contribution in [-0.2, 0) is 15.3 Å². The average molecular weight is 369 g/mol. The predicted octanol–water partition coefficient (Wildman–Crippen LogP) is 2.37. The van der Waals surface area contributed by atoms with Gasteiger partial charge in [-0.05, 0) is 52.7 Å². The number of hydrogen-bond donors (Lipinski definition) is 1. The molecule has 0 unspecified atom stereocenters. The molecule has 0 bridgehead atoms. The maximum absolute atomic E-state index is 12.9. The van der Waals surface area contributed by atoms with Gasteiger partial charge in [-0.3, -0.25) is 9.35 Å². The van der Waals surface area contributed by atoms with E-state index in [4.69, 9.17) is 0 Å². The van der Waals surface area contributed by atoms with E-state index >= 15 is 0 Å². The zero-order valence-electron chi connectivity index (χ0n) is 15.2. The Balaban J connectivity index is 2.36. The van der Waals surface area contributed by atoms with E-state index in [9.17, 15) is 23.0 Å². The van der Waals surface area contributed by atoms with Crippen LogP contribution < -0.4 is 0 Å². The molecule has 1 aliphatic rings. The summed E-state index contributed by atoms with van der Waals surface area (Å²) in [5.74, 6) is -0.496. The minimum absolute atomic E-state index is 0.0762. The molecule has 2 rings (SSSR count). The molecule has 25 heavy (non-hydrogen) atoms. The van der Waals surface area contributed by atoms with Crippen LogP contribution in [0, 0.1) is 0 Å². The quantitative estimate of drug-likeness (QED) is 0.825. The Labute approximate surface area is 148 Å². The first kappa shape index (κ1) is 19.8. The van der Waals surface area contributed by atoms with Crippen LogP contribution in [0.15, 0.2) is 29.2 Å². The molecule has 1 radical (unpaired) electrons. The summed E-state index contributed by atoms with van der Waals surface area (Å²) in [5, 5.41) is 13.5. The monoisotopic (exact) mass is 369 g/mol. The van der Waals surface area contributed by atoms with Crippen LogP contribution in [0.25, 0.3) is 0 Å². The Bertz CT molecular complexity index is 755. The second-order valence-corrected chi connectivity index (χ2v) is 9.26. The van der Waals surface area contributed by atoms with Crippen molar-refractivity contribution in [1.29, 1.82) is 0 Å². The van der Waals surface area contributed by atoms with Crippen LogP contribution >= 0.6 is 0 Å². The number of nitrogens with zero attached hydrogens (tertiary/aromatic N) is 2. The Hall–Kier alpha value is -1.48. The summed E-state index contributed by atoms with van der Waals surface area (Å²) in [6, 6.07) is 5.34. The normalized spacial score (nSPS) is 21.1. The number of rotatable bonds is 3. The van der Waals surface area contributed by atoms with E-state index in [1.165, 1.54) is 23.1 Å². The highest BCUT2D eigenvalue weighted by Crippen LogP contribution is 2.39. The minimum Gasteiger partial charge on any atom is -0.339 e. The first-order valence-electron chi connectivity index (χ1n) is 8.08. The second-order valence-electron chi connectivity index (χ2n) is 7.87. The van der Waals surface area contributed by atoms with Crippen molar-refractivity contribution in [3.8, 4) is 0 Å². The minimum atomic E-state index is -4.50. The molecule has 1 aromatic rings. The second kappa shape index (κ2) is 6.35. The van der Waals surface area contributed by atoms with Gasteiger partial charge >= 0.3 is 0 Å². The Morgan fingerprint density at radius 2 is 1.64 bits per heavy atom. The van der Waals surface area contributed by atoms with Gasteiger partial charge < -0.3 is 4.90 Å². The van der Waals surface area contributed by atoms with Crippen LogP contribution in [0.4, 0.5) is 0 Å². The molecular formula is C17H25N2O5S. The fourth-order valence-corrected chi connectivity index (χ4v) is 4.39. The van der Waals surface area contributed by atoms with Crippen molar-refractivity contribution >= 4 is 16.0 Å². The lowest BCUT2D eigenvalue weighted by Gasteiger charge is -2.51. The third kappa shape index (κ3) is 3.87. The molecule has 1 fully saturated rings. The Kier molecular flexibility index (Phi) is 5.04. The molecule has 1 N–H and O–H groups in total.